The van der Waals surface area contributed by atoms with Gasteiger partial charge in [-0.05, 0) is 36.2 Å². The summed E-state index contributed by atoms with van der Waals surface area (Å²) in [6.45, 7) is 0.289. The van der Waals surface area contributed by atoms with Gasteiger partial charge in [-0.25, -0.2) is 13.1 Å². The molecule has 0 saturated carbocycles. The number of hydrogen-bond acceptors (Lipinski definition) is 6. The standard InChI is InChI=1S/C18H19N5O3S/c1-27(25,26)17-5-2-14(3-6-17)4-7-18(24)20-12-15-13-23(22-21-15)16-8-10-19-11-9-16/h2-3,5-6,8-11,13H,4,7,12H2,1H3,(H,20,24). The van der Waals surface area contributed by atoms with Crippen molar-refractivity contribution < 1.29 is 13.2 Å². The lowest BCUT2D eigenvalue weighted by atomic mass is 10.1. The number of carbonyl (C=O) groups excluding carboxylic acids is 1. The van der Waals surface area contributed by atoms with Crippen molar-refractivity contribution in [2.24, 2.45) is 0 Å². The van der Waals surface area contributed by atoms with Gasteiger partial charge in [-0.15, -0.1) is 5.10 Å². The van der Waals surface area contributed by atoms with Gasteiger partial charge in [-0.3, -0.25) is 9.78 Å². The van der Waals surface area contributed by atoms with Crippen molar-refractivity contribution in [3.63, 3.8) is 0 Å². The number of rotatable bonds is 7. The lowest BCUT2D eigenvalue weighted by Crippen LogP contribution is -2.23. The van der Waals surface area contributed by atoms with Gasteiger partial charge in [0.05, 0.1) is 23.3 Å². The summed E-state index contributed by atoms with van der Waals surface area (Å²) in [5, 5.41) is 10.9. The molecule has 0 aliphatic rings. The molecule has 0 saturated heterocycles. The summed E-state index contributed by atoms with van der Waals surface area (Å²) in [5.74, 6) is -0.111. The number of nitrogens with zero attached hydrogens (tertiary/aromatic N) is 4. The first-order valence-corrected chi connectivity index (χ1v) is 10.2. The predicted octanol–water partition coefficient (Wildman–Crippen LogP) is 1.31. The Balaban J connectivity index is 1.48. The third-order valence-corrected chi connectivity index (χ3v) is 5.06. The highest BCUT2D eigenvalue weighted by molar-refractivity contribution is 7.90. The molecule has 1 amide bonds. The second kappa shape index (κ2) is 8.09. The fourth-order valence-electron chi connectivity index (χ4n) is 2.44. The van der Waals surface area contributed by atoms with Crippen molar-refractivity contribution >= 4 is 15.7 Å². The second-order valence-corrected chi connectivity index (χ2v) is 8.07. The molecule has 2 aromatic heterocycles. The number of pyridine rings is 1. The van der Waals surface area contributed by atoms with Crippen LogP contribution in [0, 0.1) is 0 Å². The van der Waals surface area contributed by atoms with Gasteiger partial charge in [0.1, 0.15) is 5.69 Å². The predicted molar refractivity (Wildman–Crippen MR) is 98.9 cm³/mol. The maximum atomic E-state index is 12.0. The monoisotopic (exact) mass is 385 g/mol. The smallest absolute Gasteiger partial charge is 0.220 e. The van der Waals surface area contributed by atoms with E-state index in [0.29, 0.717) is 18.5 Å². The molecule has 0 radical (unpaired) electrons. The molecule has 0 aliphatic carbocycles. The zero-order valence-corrected chi connectivity index (χ0v) is 15.6. The highest BCUT2D eigenvalue weighted by Crippen LogP contribution is 2.11. The highest BCUT2D eigenvalue weighted by atomic mass is 32.2. The van der Waals surface area contributed by atoms with Crippen molar-refractivity contribution in [2.45, 2.75) is 24.3 Å². The number of hydrogen-bond donors (Lipinski definition) is 1. The Morgan fingerprint density at radius 2 is 1.81 bits per heavy atom. The van der Waals surface area contributed by atoms with Crippen LogP contribution in [-0.2, 0) is 27.6 Å². The van der Waals surface area contributed by atoms with Crippen LogP contribution in [0.15, 0.2) is 59.9 Å². The average molecular weight is 385 g/mol. The van der Waals surface area contributed by atoms with Gasteiger partial charge < -0.3 is 5.32 Å². The number of aromatic nitrogens is 4. The van der Waals surface area contributed by atoms with Crippen molar-refractivity contribution in [3.8, 4) is 5.69 Å². The lowest BCUT2D eigenvalue weighted by molar-refractivity contribution is -0.121. The molecule has 3 aromatic rings. The van der Waals surface area contributed by atoms with Crippen LogP contribution in [-0.4, -0.2) is 40.6 Å². The van der Waals surface area contributed by atoms with Crippen LogP contribution in [0.5, 0.6) is 0 Å². The van der Waals surface area contributed by atoms with E-state index in [4.69, 9.17) is 0 Å². The van der Waals surface area contributed by atoms with Crippen LogP contribution in [0.4, 0.5) is 0 Å². The molecular weight excluding hydrogens is 366 g/mol. The largest absolute Gasteiger partial charge is 0.350 e. The third-order valence-electron chi connectivity index (χ3n) is 3.93. The Kier molecular flexibility index (Phi) is 5.60. The van der Waals surface area contributed by atoms with Gasteiger partial charge in [0.2, 0.25) is 5.91 Å². The van der Waals surface area contributed by atoms with E-state index >= 15 is 0 Å². The summed E-state index contributed by atoms with van der Waals surface area (Å²) in [6.07, 6.45) is 7.08. The fraction of sp³-hybridized carbons (Fsp3) is 0.222. The van der Waals surface area contributed by atoms with Crippen LogP contribution in [0.1, 0.15) is 17.7 Å². The topological polar surface area (TPSA) is 107 Å². The molecule has 27 heavy (non-hydrogen) atoms. The first-order valence-electron chi connectivity index (χ1n) is 8.29. The van der Waals surface area contributed by atoms with E-state index in [0.717, 1.165) is 11.3 Å². The Morgan fingerprint density at radius 1 is 1.11 bits per heavy atom. The second-order valence-electron chi connectivity index (χ2n) is 6.05. The minimum absolute atomic E-state index is 0.111. The van der Waals surface area contributed by atoms with Crippen molar-refractivity contribution in [1.82, 2.24) is 25.3 Å². The number of amides is 1. The molecule has 0 fully saturated rings. The van der Waals surface area contributed by atoms with E-state index in [1.54, 1.807) is 47.5 Å². The minimum atomic E-state index is -3.21. The van der Waals surface area contributed by atoms with Crippen LogP contribution < -0.4 is 5.32 Å². The molecule has 0 atom stereocenters. The molecule has 0 bridgehead atoms. The summed E-state index contributed by atoms with van der Waals surface area (Å²) in [7, 11) is -3.21. The normalized spacial score (nSPS) is 11.3. The van der Waals surface area contributed by atoms with Gasteiger partial charge >= 0.3 is 0 Å². The van der Waals surface area contributed by atoms with Gasteiger partial charge in [0.15, 0.2) is 9.84 Å². The first kappa shape index (κ1) is 18.7. The van der Waals surface area contributed by atoms with Crippen LogP contribution >= 0.6 is 0 Å². The summed E-state index contributed by atoms with van der Waals surface area (Å²) >= 11 is 0. The summed E-state index contributed by atoms with van der Waals surface area (Å²) < 4.78 is 24.5. The van der Waals surface area contributed by atoms with E-state index in [9.17, 15) is 13.2 Å². The van der Waals surface area contributed by atoms with Crippen LogP contribution in [0.3, 0.4) is 0 Å². The average Bonchev–Trinajstić information content (AvgIpc) is 3.14. The maximum absolute atomic E-state index is 12.0. The Hall–Kier alpha value is -3.07. The molecular formula is C18H19N5O3S. The highest BCUT2D eigenvalue weighted by Gasteiger charge is 2.08. The van der Waals surface area contributed by atoms with E-state index in [1.807, 2.05) is 12.1 Å². The first-order chi connectivity index (χ1) is 12.9. The number of carbonyl (C=O) groups is 1. The lowest BCUT2D eigenvalue weighted by Gasteiger charge is -2.04. The molecule has 1 N–H and O–H groups in total. The number of nitrogens with one attached hydrogen (secondary N) is 1. The van der Waals surface area contributed by atoms with Crippen LogP contribution in [0.2, 0.25) is 0 Å². The minimum Gasteiger partial charge on any atom is -0.350 e. The molecule has 1 aromatic carbocycles. The fourth-order valence-corrected chi connectivity index (χ4v) is 3.07. The Morgan fingerprint density at radius 3 is 2.48 bits per heavy atom. The van der Waals surface area contributed by atoms with Crippen molar-refractivity contribution in [2.75, 3.05) is 6.26 Å². The van der Waals surface area contributed by atoms with E-state index in [2.05, 4.69) is 20.6 Å². The molecule has 8 nitrogen and oxygen atoms in total. The molecule has 0 unspecified atom stereocenters. The van der Waals surface area contributed by atoms with Gasteiger partial charge in [-0.1, -0.05) is 17.3 Å². The third kappa shape index (κ3) is 5.20. The Bertz CT molecular complexity index is 1010. The molecule has 2 heterocycles. The van der Waals surface area contributed by atoms with Gasteiger partial charge in [-0.2, -0.15) is 0 Å². The maximum Gasteiger partial charge on any atom is 0.220 e. The van der Waals surface area contributed by atoms with E-state index < -0.39 is 9.84 Å². The zero-order chi connectivity index (χ0) is 19.3. The van der Waals surface area contributed by atoms with Gasteiger partial charge in [0.25, 0.3) is 0 Å². The SMILES string of the molecule is CS(=O)(=O)c1ccc(CCC(=O)NCc2cn(-c3ccncc3)nn2)cc1. The number of sulfone groups is 1. The number of benzene rings is 1. The quantitative estimate of drug-likeness (QED) is 0.657. The van der Waals surface area contributed by atoms with Crippen LogP contribution in [0.25, 0.3) is 5.69 Å². The molecule has 9 heteroatoms. The van der Waals surface area contributed by atoms with Crippen molar-refractivity contribution in [1.29, 1.82) is 0 Å². The number of aryl methyl sites for hydroxylation is 1. The van der Waals surface area contributed by atoms with Gasteiger partial charge in [0, 0.05) is 25.1 Å². The molecule has 0 aliphatic heterocycles. The van der Waals surface area contributed by atoms with Crippen molar-refractivity contribution in [3.05, 3.63) is 66.2 Å². The molecule has 0 spiro atoms. The van der Waals surface area contributed by atoms with E-state index in [-0.39, 0.29) is 17.3 Å². The zero-order valence-electron chi connectivity index (χ0n) is 14.7. The Labute approximate surface area is 157 Å². The molecule has 3 rings (SSSR count). The summed E-state index contributed by atoms with van der Waals surface area (Å²) in [5.41, 5.74) is 2.39. The summed E-state index contributed by atoms with van der Waals surface area (Å²) in [6, 6.07) is 10.2. The van der Waals surface area contributed by atoms with E-state index in [1.165, 1.54) is 6.26 Å². The molecule has 140 valence electrons. The summed E-state index contributed by atoms with van der Waals surface area (Å²) in [4.78, 5) is 16.2.